The molecule has 0 radical (unpaired) electrons. The van der Waals surface area contributed by atoms with Gasteiger partial charge in [-0.25, -0.2) is 9.97 Å². The molecule has 118 valence electrons. The van der Waals surface area contributed by atoms with E-state index in [4.69, 9.17) is 0 Å². The average molecular weight is 314 g/mol. The Bertz CT molecular complexity index is 815. The van der Waals surface area contributed by atoms with Crippen LogP contribution in [0.15, 0.2) is 36.3 Å². The Morgan fingerprint density at radius 3 is 2.43 bits per heavy atom. The minimum absolute atomic E-state index is 0.185. The fourth-order valence-electron chi connectivity index (χ4n) is 1.79. The third-order valence-corrected chi connectivity index (χ3v) is 2.75. The minimum Gasteiger partial charge on any atom is -0.545 e. The summed E-state index contributed by atoms with van der Waals surface area (Å²) in [5, 5.41) is 26.9. The van der Waals surface area contributed by atoms with Crippen LogP contribution in [0.5, 0.6) is 0 Å². The molecule has 2 aromatic rings. The number of aliphatic carboxylic acids is 2. The van der Waals surface area contributed by atoms with Gasteiger partial charge < -0.3 is 30.4 Å². The topological polar surface area (TPSA) is 147 Å². The van der Waals surface area contributed by atoms with Gasteiger partial charge in [0.1, 0.15) is 12.1 Å². The molecule has 0 saturated heterocycles. The Labute approximate surface area is 129 Å². The molecule has 9 nitrogen and oxygen atoms in total. The highest BCUT2D eigenvalue weighted by atomic mass is 16.4. The summed E-state index contributed by atoms with van der Waals surface area (Å²) in [5.41, 5.74) is -0.0624. The summed E-state index contributed by atoms with van der Waals surface area (Å²) in [6.45, 7) is 1.36. The Hall–Kier alpha value is -3.49. The Balaban J connectivity index is 2.38. The molecule has 1 amide bonds. The highest BCUT2D eigenvalue weighted by Gasteiger charge is 2.06. The van der Waals surface area contributed by atoms with Crippen molar-refractivity contribution in [3.05, 3.63) is 36.3 Å². The number of carboxylic acids is 2. The smallest absolute Gasteiger partial charge is 0.221 e. The first-order valence-corrected chi connectivity index (χ1v) is 6.30. The lowest BCUT2D eigenvalue weighted by atomic mass is 10.2. The van der Waals surface area contributed by atoms with Crippen molar-refractivity contribution in [2.24, 2.45) is 0 Å². The minimum atomic E-state index is -1.89. The van der Waals surface area contributed by atoms with Gasteiger partial charge in [-0.1, -0.05) is 0 Å². The maximum atomic E-state index is 11.0. The number of hydrogen-bond donors (Lipinski definition) is 2. The van der Waals surface area contributed by atoms with E-state index in [0.29, 0.717) is 22.8 Å². The van der Waals surface area contributed by atoms with Gasteiger partial charge >= 0.3 is 0 Å². The number of nitrogens with zero attached hydrogens (tertiary/aromatic N) is 2. The number of carboxylic acid groups (broad SMARTS) is 2. The second kappa shape index (κ2) is 6.52. The highest BCUT2D eigenvalue weighted by molar-refractivity contribution is 6.11. The van der Waals surface area contributed by atoms with E-state index in [0.717, 1.165) is 0 Å². The predicted molar refractivity (Wildman–Crippen MR) is 75.6 cm³/mol. The summed E-state index contributed by atoms with van der Waals surface area (Å²) in [5.74, 6) is -3.83. The number of carbonyl (C=O) groups is 3. The van der Waals surface area contributed by atoms with Crippen molar-refractivity contribution in [1.82, 2.24) is 9.97 Å². The van der Waals surface area contributed by atoms with Crippen LogP contribution >= 0.6 is 0 Å². The van der Waals surface area contributed by atoms with E-state index in [9.17, 15) is 24.6 Å². The lowest BCUT2D eigenvalue weighted by molar-refractivity contribution is -0.312. The monoisotopic (exact) mass is 314 g/mol. The van der Waals surface area contributed by atoms with E-state index in [2.05, 4.69) is 20.6 Å². The molecule has 0 aliphatic carbocycles. The number of amides is 1. The van der Waals surface area contributed by atoms with Gasteiger partial charge in [-0.2, -0.15) is 0 Å². The van der Waals surface area contributed by atoms with Crippen molar-refractivity contribution in [2.45, 2.75) is 6.92 Å². The average Bonchev–Trinajstić information content (AvgIpc) is 2.45. The van der Waals surface area contributed by atoms with E-state index < -0.39 is 17.5 Å². The molecule has 0 atom stereocenters. The number of fused-ring (bicyclic) bond motifs is 1. The quantitative estimate of drug-likeness (QED) is 0.380. The van der Waals surface area contributed by atoms with Gasteiger partial charge in [-0.05, 0) is 18.2 Å². The highest BCUT2D eigenvalue weighted by Crippen LogP contribution is 2.22. The van der Waals surface area contributed by atoms with E-state index in [1.165, 1.54) is 13.3 Å². The molecule has 0 aliphatic rings. The number of hydrogen-bond acceptors (Lipinski definition) is 8. The van der Waals surface area contributed by atoms with Gasteiger partial charge in [0.25, 0.3) is 0 Å². The maximum Gasteiger partial charge on any atom is 0.221 e. The fourth-order valence-corrected chi connectivity index (χ4v) is 1.79. The molecule has 2 rings (SSSR count). The molecule has 0 saturated carbocycles. The molecule has 0 spiro atoms. The first kappa shape index (κ1) is 15.9. The molecule has 9 heteroatoms. The molecule has 2 N–H and O–H groups in total. The second-order valence-electron chi connectivity index (χ2n) is 4.41. The van der Waals surface area contributed by atoms with Crippen LogP contribution in [0.3, 0.4) is 0 Å². The SMILES string of the molecule is CC(=O)Nc1ccc2c(NC=C(C(=O)[O-])C(=O)[O-])ncnc2c1. The normalized spacial score (nSPS) is 9.96. The lowest BCUT2D eigenvalue weighted by Gasteiger charge is -2.11. The third kappa shape index (κ3) is 3.79. The van der Waals surface area contributed by atoms with Gasteiger partial charge in [-0.15, -0.1) is 0 Å². The number of nitrogens with one attached hydrogen (secondary N) is 2. The van der Waals surface area contributed by atoms with Crippen LogP contribution < -0.4 is 20.8 Å². The molecule has 0 unspecified atom stereocenters. The van der Waals surface area contributed by atoms with Crippen LogP contribution in [0, 0.1) is 0 Å². The van der Waals surface area contributed by atoms with Gasteiger partial charge in [0.05, 0.1) is 17.5 Å². The summed E-state index contributed by atoms with van der Waals surface area (Å²) in [6.07, 6.45) is 1.92. The summed E-state index contributed by atoms with van der Waals surface area (Å²) in [4.78, 5) is 40.3. The zero-order valence-electron chi connectivity index (χ0n) is 11.8. The largest absolute Gasteiger partial charge is 0.545 e. The number of benzene rings is 1. The third-order valence-electron chi connectivity index (χ3n) is 2.75. The van der Waals surface area contributed by atoms with Crippen LogP contribution in [0.25, 0.3) is 10.9 Å². The van der Waals surface area contributed by atoms with Gasteiger partial charge in [0.2, 0.25) is 5.91 Å². The van der Waals surface area contributed by atoms with Crippen LogP contribution in [-0.4, -0.2) is 27.8 Å². The first-order chi connectivity index (χ1) is 10.9. The van der Waals surface area contributed by atoms with Gasteiger partial charge in [0.15, 0.2) is 0 Å². The predicted octanol–water partition coefficient (Wildman–Crippen LogP) is -1.62. The second-order valence-corrected chi connectivity index (χ2v) is 4.41. The van der Waals surface area contributed by atoms with Gasteiger partial charge in [0, 0.05) is 29.8 Å². The molecular formula is C14H10N4O5-2. The molecule has 1 aromatic carbocycles. The Morgan fingerprint density at radius 1 is 1.13 bits per heavy atom. The summed E-state index contributed by atoms with van der Waals surface area (Å²) >= 11 is 0. The van der Waals surface area contributed by atoms with Crippen molar-refractivity contribution >= 4 is 40.3 Å². The molecule has 23 heavy (non-hydrogen) atoms. The number of aromatic nitrogens is 2. The van der Waals surface area contributed by atoms with Crippen molar-refractivity contribution in [1.29, 1.82) is 0 Å². The summed E-state index contributed by atoms with van der Waals surface area (Å²) < 4.78 is 0. The summed E-state index contributed by atoms with van der Waals surface area (Å²) in [7, 11) is 0. The molecule has 1 heterocycles. The Kier molecular flexibility index (Phi) is 4.50. The molecular weight excluding hydrogens is 304 g/mol. The standard InChI is InChI=1S/C14H12N4O5/c1-7(19)18-8-2-3-9-11(4-8)16-6-17-12(9)15-5-10(13(20)21)14(22)23/h2-6H,1H3,(H,18,19)(H,20,21)(H,22,23)(H,15,16,17)/p-2. The van der Waals surface area contributed by atoms with Crippen LogP contribution in [-0.2, 0) is 14.4 Å². The van der Waals surface area contributed by atoms with E-state index in [1.807, 2.05) is 0 Å². The fraction of sp³-hybridized carbons (Fsp3) is 0.0714. The molecule has 1 aromatic heterocycles. The van der Waals surface area contributed by atoms with Crippen molar-refractivity contribution in [3.63, 3.8) is 0 Å². The van der Waals surface area contributed by atoms with Gasteiger partial charge in [-0.3, -0.25) is 4.79 Å². The van der Waals surface area contributed by atoms with Crippen molar-refractivity contribution < 1.29 is 24.6 Å². The van der Waals surface area contributed by atoms with E-state index in [1.54, 1.807) is 18.2 Å². The Morgan fingerprint density at radius 2 is 1.83 bits per heavy atom. The molecule has 0 fully saturated rings. The van der Waals surface area contributed by atoms with E-state index in [-0.39, 0.29) is 11.7 Å². The molecule has 0 aliphatic heterocycles. The number of carbonyl (C=O) groups excluding carboxylic acids is 3. The van der Waals surface area contributed by atoms with Crippen molar-refractivity contribution in [2.75, 3.05) is 10.6 Å². The number of anilines is 2. The van der Waals surface area contributed by atoms with Crippen LogP contribution in [0.4, 0.5) is 11.5 Å². The summed E-state index contributed by atoms with van der Waals surface area (Å²) in [6, 6.07) is 4.78. The van der Waals surface area contributed by atoms with Crippen LogP contribution in [0.1, 0.15) is 6.92 Å². The molecule has 0 bridgehead atoms. The number of rotatable bonds is 5. The zero-order chi connectivity index (χ0) is 17.0. The zero-order valence-corrected chi connectivity index (χ0v) is 11.8. The maximum absolute atomic E-state index is 11.0. The lowest BCUT2D eigenvalue weighted by Crippen LogP contribution is -2.36. The first-order valence-electron chi connectivity index (χ1n) is 6.30. The van der Waals surface area contributed by atoms with Crippen LogP contribution in [0.2, 0.25) is 0 Å². The van der Waals surface area contributed by atoms with E-state index >= 15 is 0 Å². The van der Waals surface area contributed by atoms with Crippen molar-refractivity contribution in [3.8, 4) is 0 Å².